The van der Waals surface area contributed by atoms with Gasteiger partial charge in [0, 0.05) is 18.0 Å². The molecule has 1 N–H and O–H groups in total. The third-order valence-corrected chi connectivity index (χ3v) is 3.50. The topological polar surface area (TPSA) is 77.1 Å². The van der Waals surface area contributed by atoms with E-state index >= 15 is 0 Å². The molecule has 1 aromatic carbocycles. The van der Waals surface area contributed by atoms with Crippen LogP contribution in [-0.4, -0.2) is 25.4 Å². The number of pyridine rings is 1. The molecule has 0 bridgehead atoms. The molecular weight excluding hydrogens is 339 g/mol. The molecule has 3 rings (SSSR count). The first-order chi connectivity index (χ1) is 11.9. The second-order valence-corrected chi connectivity index (χ2v) is 5.09. The molecule has 128 valence electrons. The van der Waals surface area contributed by atoms with Gasteiger partial charge in [-0.05, 0) is 17.7 Å². The Labute approximate surface area is 138 Å². The molecule has 0 radical (unpaired) electrons. The summed E-state index contributed by atoms with van der Waals surface area (Å²) < 4.78 is 40.0. The number of carboxylic acid groups (broad SMARTS) is 1. The molecule has 25 heavy (non-hydrogen) atoms. The van der Waals surface area contributed by atoms with Gasteiger partial charge in [-0.2, -0.15) is 13.9 Å². The lowest BCUT2D eigenvalue weighted by molar-refractivity contribution is 0.0565. The van der Waals surface area contributed by atoms with Crippen LogP contribution in [0.5, 0.6) is 0 Å². The Morgan fingerprint density at radius 2 is 1.80 bits per heavy atom. The summed E-state index contributed by atoms with van der Waals surface area (Å²) in [5.41, 5.74) is -0.886. The van der Waals surface area contributed by atoms with Crippen molar-refractivity contribution in [3.05, 3.63) is 70.7 Å². The molecule has 2 heterocycles. The highest BCUT2D eigenvalue weighted by atomic mass is 19.3. The molecule has 9 heteroatoms. The van der Waals surface area contributed by atoms with Crippen molar-refractivity contribution in [2.24, 2.45) is 0 Å². The molecule has 0 aliphatic rings. The van der Waals surface area contributed by atoms with Crippen LogP contribution in [0.25, 0.3) is 16.8 Å². The van der Waals surface area contributed by atoms with Gasteiger partial charge in [0.25, 0.3) is 0 Å². The van der Waals surface area contributed by atoms with Crippen LogP contribution in [0, 0.1) is 5.82 Å². The normalized spacial score (nSPS) is 11.0. The lowest BCUT2D eigenvalue weighted by atomic mass is 10.0. The molecule has 3 aromatic rings. The van der Waals surface area contributed by atoms with Crippen LogP contribution in [-0.2, 0) is 0 Å². The lowest BCUT2D eigenvalue weighted by Crippen LogP contribution is -2.19. The van der Waals surface area contributed by atoms with Crippen molar-refractivity contribution < 1.29 is 23.1 Å². The Morgan fingerprint density at radius 3 is 2.36 bits per heavy atom. The van der Waals surface area contributed by atoms with Crippen molar-refractivity contribution in [1.29, 1.82) is 0 Å². The van der Waals surface area contributed by atoms with E-state index in [1.165, 1.54) is 22.9 Å². The molecule has 0 spiro atoms. The number of benzene rings is 1. The maximum Gasteiger partial charge on any atom is 0.341 e. The number of alkyl halides is 2. The van der Waals surface area contributed by atoms with Crippen molar-refractivity contribution in [2.45, 2.75) is 6.55 Å². The van der Waals surface area contributed by atoms with Crippen LogP contribution in [0.1, 0.15) is 16.9 Å². The van der Waals surface area contributed by atoms with E-state index in [9.17, 15) is 27.9 Å². The van der Waals surface area contributed by atoms with Crippen molar-refractivity contribution in [3.63, 3.8) is 0 Å². The first-order valence-corrected chi connectivity index (χ1v) is 6.95. The zero-order valence-corrected chi connectivity index (χ0v) is 12.4. The molecule has 0 fully saturated rings. The van der Waals surface area contributed by atoms with E-state index in [2.05, 4.69) is 5.10 Å². The Morgan fingerprint density at radius 1 is 1.12 bits per heavy atom. The van der Waals surface area contributed by atoms with Crippen LogP contribution < -0.4 is 5.43 Å². The maximum atomic E-state index is 13.1. The highest BCUT2D eigenvalue weighted by molar-refractivity contribution is 5.89. The summed E-state index contributed by atoms with van der Waals surface area (Å²) in [5, 5.41) is 12.7. The van der Waals surface area contributed by atoms with Gasteiger partial charge in [0.2, 0.25) is 5.43 Å². The van der Waals surface area contributed by atoms with Crippen LogP contribution >= 0.6 is 0 Å². The van der Waals surface area contributed by atoms with E-state index in [1.54, 1.807) is 0 Å². The van der Waals surface area contributed by atoms with Gasteiger partial charge in [0.15, 0.2) is 0 Å². The van der Waals surface area contributed by atoms with Crippen molar-refractivity contribution >= 4 is 5.97 Å². The van der Waals surface area contributed by atoms with Gasteiger partial charge in [-0.25, -0.2) is 13.9 Å². The van der Waals surface area contributed by atoms with E-state index in [0.717, 1.165) is 30.7 Å². The molecular formula is C16H10F3N3O3. The van der Waals surface area contributed by atoms with Gasteiger partial charge in [-0.1, -0.05) is 12.1 Å². The SMILES string of the molecule is O=C(O)c1cn(-c2cnn(C(F)F)c2)cc(-c2ccc(F)cc2)c1=O. The molecule has 0 amide bonds. The average molecular weight is 349 g/mol. The van der Waals surface area contributed by atoms with Gasteiger partial charge < -0.3 is 9.67 Å². The quantitative estimate of drug-likeness (QED) is 0.786. The van der Waals surface area contributed by atoms with Crippen molar-refractivity contribution in [3.8, 4) is 16.8 Å². The van der Waals surface area contributed by atoms with Crippen LogP contribution in [0.15, 0.2) is 53.8 Å². The monoisotopic (exact) mass is 349 g/mol. The summed E-state index contributed by atoms with van der Waals surface area (Å²) in [6.45, 7) is -2.86. The molecule has 6 nitrogen and oxygen atoms in total. The fourth-order valence-electron chi connectivity index (χ4n) is 2.28. The van der Waals surface area contributed by atoms with E-state index in [1.807, 2.05) is 0 Å². The fraction of sp³-hybridized carbons (Fsp3) is 0.0625. The molecule has 0 aliphatic carbocycles. The summed E-state index contributed by atoms with van der Waals surface area (Å²) in [6, 6.07) is 4.90. The summed E-state index contributed by atoms with van der Waals surface area (Å²) in [4.78, 5) is 23.7. The number of rotatable bonds is 4. The maximum absolute atomic E-state index is 13.1. The van der Waals surface area contributed by atoms with Gasteiger partial charge in [-0.15, -0.1) is 0 Å². The van der Waals surface area contributed by atoms with E-state index in [4.69, 9.17) is 0 Å². The highest BCUT2D eigenvalue weighted by Crippen LogP contribution is 2.20. The molecule has 0 atom stereocenters. The molecule has 0 saturated heterocycles. The minimum Gasteiger partial charge on any atom is -0.477 e. The number of halogens is 3. The number of hydrogen-bond donors (Lipinski definition) is 1. The Kier molecular flexibility index (Phi) is 4.14. The van der Waals surface area contributed by atoms with Crippen LogP contribution in [0.2, 0.25) is 0 Å². The number of carboxylic acids is 1. The zero-order chi connectivity index (χ0) is 18.1. The Bertz CT molecular complexity index is 994. The predicted molar refractivity (Wildman–Crippen MR) is 81.4 cm³/mol. The predicted octanol–water partition coefficient (Wildman–Crippen LogP) is 2.93. The summed E-state index contributed by atoms with van der Waals surface area (Å²) in [7, 11) is 0. The summed E-state index contributed by atoms with van der Waals surface area (Å²) in [6.07, 6.45) is 4.42. The van der Waals surface area contributed by atoms with Gasteiger partial charge in [0.1, 0.15) is 11.4 Å². The second kappa shape index (κ2) is 6.27. The summed E-state index contributed by atoms with van der Waals surface area (Å²) >= 11 is 0. The zero-order valence-electron chi connectivity index (χ0n) is 12.4. The van der Waals surface area contributed by atoms with Gasteiger partial charge >= 0.3 is 12.5 Å². The number of carbonyl (C=O) groups is 1. The van der Waals surface area contributed by atoms with Gasteiger partial charge in [-0.3, -0.25) is 4.79 Å². The Balaban J connectivity index is 2.21. The van der Waals surface area contributed by atoms with Gasteiger partial charge in [0.05, 0.1) is 18.1 Å². The van der Waals surface area contributed by atoms with Crippen LogP contribution in [0.4, 0.5) is 13.2 Å². The molecule has 2 aromatic heterocycles. The molecule has 0 aliphatic heterocycles. The Hall–Kier alpha value is -3.36. The number of aromatic nitrogens is 3. The summed E-state index contributed by atoms with van der Waals surface area (Å²) in [5.74, 6) is -1.99. The number of nitrogens with zero attached hydrogens (tertiary/aromatic N) is 3. The van der Waals surface area contributed by atoms with E-state index < -0.39 is 29.3 Å². The van der Waals surface area contributed by atoms with Crippen molar-refractivity contribution in [1.82, 2.24) is 14.3 Å². The minimum atomic E-state index is -2.86. The average Bonchev–Trinajstić information content (AvgIpc) is 3.06. The smallest absolute Gasteiger partial charge is 0.341 e. The molecule has 0 saturated carbocycles. The number of hydrogen-bond acceptors (Lipinski definition) is 3. The standard InChI is InChI=1S/C16H10F3N3O3/c17-10-3-1-9(2-4-10)12-7-21(8-13(14(12)23)15(24)25)11-5-20-22(6-11)16(18)19/h1-8,16H,(H,24,25). The largest absolute Gasteiger partial charge is 0.477 e. The first kappa shape index (κ1) is 16.5. The minimum absolute atomic E-state index is 0.00954. The molecule has 0 unspecified atom stereocenters. The fourth-order valence-corrected chi connectivity index (χ4v) is 2.28. The van der Waals surface area contributed by atoms with Crippen molar-refractivity contribution in [2.75, 3.05) is 0 Å². The lowest BCUT2D eigenvalue weighted by Gasteiger charge is -2.09. The number of aromatic carboxylic acids is 1. The first-order valence-electron chi connectivity index (χ1n) is 6.95. The third kappa shape index (κ3) is 3.16. The van der Waals surface area contributed by atoms with E-state index in [0.29, 0.717) is 10.2 Å². The van der Waals surface area contributed by atoms with E-state index in [-0.39, 0.29) is 11.3 Å². The third-order valence-electron chi connectivity index (χ3n) is 3.50. The second-order valence-electron chi connectivity index (χ2n) is 5.09. The van der Waals surface area contributed by atoms with Crippen LogP contribution in [0.3, 0.4) is 0 Å². The highest BCUT2D eigenvalue weighted by Gasteiger charge is 2.17.